The van der Waals surface area contributed by atoms with Gasteiger partial charge < -0.3 is 0 Å². The first-order valence-electron chi connectivity index (χ1n) is 7.04. The van der Waals surface area contributed by atoms with E-state index in [1.165, 1.54) is 43.2 Å². The van der Waals surface area contributed by atoms with E-state index in [0.29, 0.717) is 11.5 Å². The first-order valence-corrected chi connectivity index (χ1v) is 8.19. The summed E-state index contributed by atoms with van der Waals surface area (Å²) in [5, 5.41) is 0. The fourth-order valence-corrected chi connectivity index (χ4v) is 3.35. The number of unbranched alkanes of at least 4 members (excludes halogenated alkanes) is 2. The van der Waals surface area contributed by atoms with E-state index < -0.39 is 0 Å². The predicted molar refractivity (Wildman–Crippen MR) is 79.6 cm³/mol. The third kappa shape index (κ3) is 3.61. The highest BCUT2D eigenvalue weighted by molar-refractivity contribution is 7.99. The van der Waals surface area contributed by atoms with Crippen molar-refractivity contribution in [3.05, 3.63) is 34.9 Å². The third-order valence-corrected chi connectivity index (χ3v) is 4.59. The average Bonchev–Trinajstić information content (AvgIpc) is 2.85. The van der Waals surface area contributed by atoms with Crippen LogP contribution in [-0.2, 0) is 12.8 Å². The second kappa shape index (κ2) is 6.98. The van der Waals surface area contributed by atoms with Crippen molar-refractivity contribution in [2.24, 2.45) is 0 Å². The highest BCUT2D eigenvalue weighted by atomic mass is 32.2. The molecule has 0 saturated heterocycles. The Labute approximate surface area is 114 Å². The van der Waals surface area contributed by atoms with Gasteiger partial charge in [0.15, 0.2) is 5.78 Å². The van der Waals surface area contributed by atoms with Crippen LogP contribution in [0.4, 0.5) is 0 Å². The molecule has 0 atom stereocenters. The number of fused-ring (bicyclic) bond motifs is 1. The Balaban J connectivity index is 1.82. The molecule has 0 heterocycles. The lowest BCUT2D eigenvalue weighted by atomic mass is 10.0. The number of carbonyl (C=O) groups excluding carboxylic acids is 1. The van der Waals surface area contributed by atoms with Gasteiger partial charge in [-0.1, -0.05) is 31.9 Å². The maximum absolute atomic E-state index is 12.1. The number of carbonyl (C=O) groups is 1. The Kier molecular flexibility index (Phi) is 5.30. The minimum atomic E-state index is 0.297. The van der Waals surface area contributed by atoms with Crippen molar-refractivity contribution in [2.45, 2.75) is 45.4 Å². The Morgan fingerprint density at radius 2 is 2.06 bits per heavy atom. The van der Waals surface area contributed by atoms with Crippen molar-refractivity contribution in [3.63, 3.8) is 0 Å². The van der Waals surface area contributed by atoms with E-state index in [1.807, 2.05) is 6.07 Å². The van der Waals surface area contributed by atoms with Crippen molar-refractivity contribution in [1.82, 2.24) is 0 Å². The second-order valence-corrected chi connectivity index (χ2v) is 6.13. The summed E-state index contributed by atoms with van der Waals surface area (Å²) >= 11 is 1.78. The minimum Gasteiger partial charge on any atom is -0.293 e. The van der Waals surface area contributed by atoms with Crippen molar-refractivity contribution < 1.29 is 4.79 Å². The molecular formula is C16H22OS. The molecule has 0 amide bonds. The van der Waals surface area contributed by atoms with Crippen LogP contribution in [0.1, 0.15) is 54.1 Å². The number of ketones is 1. The highest BCUT2D eigenvalue weighted by Crippen LogP contribution is 2.23. The van der Waals surface area contributed by atoms with Crippen LogP contribution < -0.4 is 0 Å². The Morgan fingerprint density at radius 1 is 1.22 bits per heavy atom. The van der Waals surface area contributed by atoms with E-state index >= 15 is 0 Å². The zero-order chi connectivity index (χ0) is 12.8. The van der Waals surface area contributed by atoms with E-state index in [9.17, 15) is 4.79 Å². The monoisotopic (exact) mass is 262 g/mol. The molecule has 1 aromatic rings. The van der Waals surface area contributed by atoms with Crippen LogP contribution in [0.25, 0.3) is 0 Å². The van der Waals surface area contributed by atoms with Gasteiger partial charge in [0, 0.05) is 5.56 Å². The van der Waals surface area contributed by atoms with E-state index in [-0.39, 0.29) is 0 Å². The zero-order valence-electron chi connectivity index (χ0n) is 11.2. The topological polar surface area (TPSA) is 17.1 Å². The van der Waals surface area contributed by atoms with Gasteiger partial charge in [0.1, 0.15) is 0 Å². The van der Waals surface area contributed by atoms with Crippen LogP contribution in [-0.4, -0.2) is 17.3 Å². The molecule has 1 nitrogen and oxygen atoms in total. The maximum atomic E-state index is 12.1. The fourth-order valence-electron chi connectivity index (χ4n) is 2.45. The summed E-state index contributed by atoms with van der Waals surface area (Å²) in [6, 6.07) is 6.29. The molecule has 1 aliphatic carbocycles. The molecule has 0 radical (unpaired) electrons. The Hall–Kier alpha value is -0.760. The number of hydrogen-bond donors (Lipinski definition) is 0. The molecule has 0 unspecified atom stereocenters. The predicted octanol–water partition coefficient (Wildman–Crippen LogP) is 4.28. The molecule has 0 aromatic heterocycles. The van der Waals surface area contributed by atoms with Crippen LogP contribution in [0.15, 0.2) is 18.2 Å². The van der Waals surface area contributed by atoms with Gasteiger partial charge in [-0.25, -0.2) is 0 Å². The summed E-state index contributed by atoms with van der Waals surface area (Å²) in [5.74, 6) is 2.05. The van der Waals surface area contributed by atoms with E-state index in [0.717, 1.165) is 17.7 Å². The number of aryl methyl sites for hydroxylation is 2. The van der Waals surface area contributed by atoms with E-state index in [2.05, 4.69) is 19.1 Å². The van der Waals surface area contributed by atoms with Gasteiger partial charge in [0.2, 0.25) is 0 Å². The van der Waals surface area contributed by atoms with Crippen molar-refractivity contribution in [1.29, 1.82) is 0 Å². The van der Waals surface area contributed by atoms with Crippen molar-refractivity contribution in [3.8, 4) is 0 Å². The molecule has 0 aliphatic heterocycles. The lowest BCUT2D eigenvalue weighted by Crippen LogP contribution is -2.04. The molecule has 0 N–H and O–H groups in total. The van der Waals surface area contributed by atoms with E-state index in [1.54, 1.807) is 11.8 Å². The molecule has 2 rings (SSSR count). The molecule has 1 aromatic carbocycles. The molecule has 0 spiro atoms. The number of benzene rings is 1. The minimum absolute atomic E-state index is 0.297. The standard InChI is InChI=1S/C16H22OS/c1-2-3-4-10-18-12-16(17)15-9-8-13-6-5-7-14(13)11-15/h8-9,11H,2-7,10,12H2,1H3. The molecular weight excluding hydrogens is 240 g/mol. The summed E-state index contributed by atoms with van der Waals surface area (Å²) in [5.41, 5.74) is 3.76. The van der Waals surface area contributed by atoms with Gasteiger partial charge >= 0.3 is 0 Å². The summed E-state index contributed by atoms with van der Waals surface area (Å²) in [6.45, 7) is 2.21. The van der Waals surface area contributed by atoms with Gasteiger partial charge in [-0.05, 0) is 48.6 Å². The number of Topliss-reactive ketones (excluding diaryl/α,β-unsaturated/α-hetero) is 1. The molecule has 0 bridgehead atoms. The Bertz CT molecular complexity index is 412. The smallest absolute Gasteiger partial charge is 0.172 e. The highest BCUT2D eigenvalue weighted by Gasteiger charge is 2.13. The quantitative estimate of drug-likeness (QED) is 0.539. The third-order valence-electron chi connectivity index (χ3n) is 3.55. The summed E-state index contributed by atoms with van der Waals surface area (Å²) in [4.78, 5) is 12.1. The normalized spacial score (nSPS) is 13.6. The molecule has 2 heteroatoms. The molecule has 1 aliphatic rings. The van der Waals surface area contributed by atoms with Crippen molar-refractivity contribution >= 4 is 17.5 Å². The molecule has 18 heavy (non-hydrogen) atoms. The number of hydrogen-bond acceptors (Lipinski definition) is 2. The van der Waals surface area contributed by atoms with Crippen LogP contribution in [0.2, 0.25) is 0 Å². The summed E-state index contributed by atoms with van der Waals surface area (Å²) < 4.78 is 0. The molecule has 0 saturated carbocycles. The lowest BCUT2D eigenvalue weighted by Gasteiger charge is -2.04. The molecule has 98 valence electrons. The maximum Gasteiger partial charge on any atom is 0.172 e. The first-order chi connectivity index (χ1) is 8.81. The van der Waals surface area contributed by atoms with Crippen molar-refractivity contribution in [2.75, 3.05) is 11.5 Å². The molecule has 0 fully saturated rings. The fraction of sp³-hybridized carbons (Fsp3) is 0.562. The van der Waals surface area contributed by atoms with Gasteiger partial charge in [0.05, 0.1) is 5.75 Å². The summed E-state index contributed by atoms with van der Waals surface area (Å²) in [7, 11) is 0. The second-order valence-electron chi connectivity index (χ2n) is 5.02. The number of thioether (sulfide) groups is 1. The van der Waals surface area contributed by atoms with Gasteiger partial charge in [-0.3, -0.25) is 4.79 Å². The van der Waals surface area contributed by atoms with Crippen LogP contribution >= 0.6 is 11.8 Å². The van der Waals surface area contributed by atoms with Crippen LogP contribution in [0.3, 0.4) is 0 Å². The van der Waals surface area contributed by atoms with Gasteiger partial charge in [-0.15, -0.1) is 0 Å². The lowest BCUT2D eigenvalue weighted by molar-refractivity contribution is 0.102. The average molecular weight is 262 g/mol. The van der Waals surface area contributed by atoms with Crippen LogP contribution in [0.5, 0.6) is 0 Å². The Morgan fingerprint density at radius 3 is 2.89 bits per heavy atom. The van der Waals surface area contributed by atoms with E-state index in [4.69, 9.17) is 0 Å². The summed E-state index contributed by atoms with van der Waals surface area (Å²) in [6.07, 6.45) is 7.35. The van der Waals surface area contributed by atoms with Gasteiger partial charge in [-0.2, -0.15) is 11.8 Å². The van der Waals surface area contributed by atoms with Crippen LogP contribution in [0, 0.1) is 0 Å². The first kappa shape index (κ1) is 13.7. The number of rotatable bonds is 7. The SMILES string of the molecule is CCCCCSCC(=O)c1ccc2c(c1)CCC2. The zero-order valence-corrected chi connectivity index (χ0v) is 12.0. The van der Waals surface area contributed by atoms with Gasteiger partial charge in [0.25, 0.3) is 0 Å². The largest absolute Gasteiger partial charge is 0.293 e.